The SMILES string of the molecule is COc1ccnc(CNC2CC(C)CC(C)C2)c1OC. The zero-order valence-corrected chi connectivity index (χ0v) is 13.0. The van der Waals surface area contributed by atoms with Gasteiger partial charge >= 0.3 is 0 Å². The van der Waals surface area contributed by atoms with E-state index in [-0.39, 0.29) is 0 Å². The molecule has 2 unspecified atom stereocenters. The van der Waals surface area contributed by atoms with Crippen molar-refractivity contribution < 1.29 is 9.47 Å². The van der Waals surface area contributed by atoms with Gasteiger partial charge in [-0.1, -0.05) is 13.8 Å². The molecule has 0 bridgehead atoms. The molecule has 1 aromatic rings. The Bertz CT molecular complexity index is 426. The third-order valence-corrected chi connectivity index (χ3v) is 4.10. The van der Waals surface area contributed by atoms with E-state index in [4.69, 9.17) is 9.47 Å². The lowest BCUT2D eigenvalue weighted by Gasteiger charge is -2.32. The fraction of sp³-hybridized carbons (Fsp3) is 0.688. The molecule has 1 saturated carbocycles. The molecule has 0 spiro atoms. The Hall–Kier alpha value is -1.29. The number of aromatic nitrogens is 1. The molecule has 1 heterocycles. The standard InChI is InChI=1S/C16H26N2O2/c1-11-7-12(2)9-13(8-11)18-10-14-16(20-4)15(19-3)5-6-17-14/h5-6,11-13,18H,7-10H2,1-4H3. The second-order valence-electron chi connectivity index (χ2n) is 5.99. The first kappa shape index (κ1) is 15.1. The Labute approximate surface area is 121 Å². The molecule has 1 aromatic heterocycles. The zero-order chi connectivity index (χ0) is 14.5. The summed E-state index contributed by atoms with van der Waals surface area (Å²) in [7, 11) is 3.31. The van der Waals surface area contributed by atoms with Crippen LogP contribution >= 0.6 is 0 Å². The van der Waals surface area contributed by atoms with Crippen molar-refractivity contribution in [2.75, 3.05) is 14.2 Å². The van der Waals surface area contributed by atoms with Crippen molar-refractivity contribution in [1.29, 1.82) is 0 Å². The van der Waals surface area contributed by atoms with Crippen molar-refractivity contribution in [1.82, 2.24) is 10.3 Å². The molecule has 1 aliphatic rings. The molecule has 1 fully saturated rings. The van der Waals surface area contributed by atoms with Gasteiger partial charge in [0.15, 0.2) is 11.5 Å². The first-order valence-corrected chi connectivity index (χ1v) is 7.43. The molecular weight excluding hydrogens is 252 g/mol. The topological polar surface area (TPSA) is 43.4 Å². The highest BCUT2D eigenvalue weighted by atomic mass is 16.5. The predicted octanol–water partition coefficient (Wildman–Crippen LogP) is 3.01. The number of nitrogens with one attached hydrogen (secondary N) is 1. The zero-order valence-electron chi connectivity index (χ0n) is 13.0. The second kappa shape index (κ2) is 6.93. The van der Waals surface area contributed by atoms with E-state index in [1.54, 1.807) is 20.4 Å². The van der Waals surface area contributed by atoms with Crippen molar-refractivity contribution in [3.05, 3.63) is 18.0 Å². The predicted molar refractivity (Wildman–Crippen MR) is 80.1 cm³/mol. The van der Waals surface area contributed by atoms with Crippen LogP contribution in [0.4, 0.5) is 0 Å². The number of hydrogen-bond donors (Lipinski definition) is 1. The number of rotatable bonds is 5. The number of ether oxygens (including phenoxy) is 2. The fourth-order valence-electron chi connectivity index (χ4n) is 3.33. The van der Waals surface area contributed by atoms with Gasteiger partial charge in [-0.25, -0.2) is 0 Å². The van der Waals surface area contributed by atoms with Gasteiger partial charge in [0, 0.05) is 24.8 Å². The molecule has 0 aromatic carbocycles. The van der Waals surface area contributed by atoms with E-state index in [0.717, 1.165) is 35.6 Å². The molecule has 2 atom stereocenters. The minimum Gasteiger partial charge on any atom is -0.493 e. The van der Waals surface area contributed by atoms with Crippen molar-refractivity contribution in [3.63, 3.8) is 0 Å². The number of hydrogen-bond acceptors (Lipinski definition) is 4. The highest BCUT2D eigenvalue weighted by Crippen LogP contribution is 2.31. The first-order valence-electron chi connectivity index (χ1n) is 7.43. The monoisotopic (exact) mass is 278 g/mol. The molecule has 0 radical (unpaired) electrons. The Morgan fingerprint density at radius 3 is 2.45 bits per heavy atom. The first-order chi connectivity index (χ1) is 9.63. The maximum Gasteiger partial charge on any atom is 0.183 e. The van der Waals surface area contributed by atoms with E-state index >= 15 is 0 Å². The van der Waals surface area contributed by atoms with Crippen LogP contribution in [0, 0.1) is 11.8 Å². The molecule has 0 amide bonds. The van der Waals surface area contributed by atoms with E-state index in [1.165, 1.54) is 19.3 Å². The summed E-state index contributed by atoms with van der Waals surface area (Å²) in [4.78, 5) is 4.41. The normalized spacial score (nSPS) is 26.3. The van der Waals surface area contributed by atoms with Crippen LogP contribution in [0.2, 0.25) is 0 Å². The average Bonchev–Trinajstić information content (AvgIpc) is 2.43. The molecule has 112 valence electrons. The lowest BCUT2D eigenvalue weighted by molar-refractivity contribution is 0.237. The van der Waals surface area contributed by atoms with Crippen molar-refractivity contribution in [3.8, 4) is 11.5 Å². The van der Waals surface area contributed by atoms with Crippen LogP contribution in [0.15, 0.2) is 12.3 Å². The molecule has 1 aliphatic carbocycles. The summed E-state index contributed by atoms with van der Waals surface area (Å²) < 4.78 is 10.7. The summed E-state index contributed by atoms with van der Waals surface area (Å²) in [5.74, 6) is 3.08. The van der Waals surface area contributed by atoms with Crippen LogP contribution in [0.5, 0.6) is 11.5 Å². The molecule has 4 heteroatoms. The van der Waals surface area contributed by atoms with Crippen molar-refractivity contribution in [2.45, 2.75) is 45.7 Å². The van der Waals surface area contributed by atoms with Crippen LogP contribution < -0.4 is 14.8 Å². The summed E-state index contributed by atoms with van der Waals surface area (Å²) in [6.45, 7) is 5.41. The van der Waals surface area contributed by atoms with E-state index in [2.05, 4.69) is 24.1 Å². The molecule has 0 saturated heterocycles. The van der Waals surface area contributed by atoms with Gasteiger partial charge in [-0.2, -0.15) is 0 Å². The molecule has 2 rings (SSSR count). The van der Waals surface area contributed by atoms with Crippen LogP contribution in [-0.4, -0.2) is 25.2 Å². The number of nitrogens with zero attached hydrogens (tertiary/aromatic N) is 1. The molecule has 4 nitrogen and oxygen atoms in total. The van der Waals surface area contributed by atoms with Crippen molar-refractivity contribution >= 4 is 0 Å². The summed E-state index contributed by atoms with van der Waals surface area (Å²) in [5.41, 5.74) is 0.915. The van der Waals surface area contributed by atoms with E-state index in [1.807, 2.05) is 6.07 Å². The molecule has 1 N–H and O–H groups in total. The van der Waals surface area contributed by atoms with Gasteiger partial charge in [-0.05, 0) is 31.1 Å². The molecule has 20 heavy (non-hydrogen) atoms. The molecular formula is C16H26N2O2. The maximum absolute atomic E-state index is 5.42. The summed E-state index contributed by atoms with van der Waals surface area (Å²) in [6, 6.07) is 2.40. The Kier molecular flexibility index (Phi) is 5.24. The van der Waals surface area contributed by atoms with Crippen LogP contribution in [0.25, 0.3) is 0 Å². The summed E-state index contributed by atoms with van der Waals surface area (Å²) in [5, 5.41) is 3.63. The van der Waals surface area contributed by atoms with Gasteiger partial charge in [0.25, 0.3) is 0 Å². The third kappa shape index (κ3) is 3.63. The van der Waals surface area contributed by atoms with Crippen LogP contribution in [0.3, 0.4) is 0 Å². The molecule has 0 aliphatic heterocycles. The van der Waals surface area contributed by atoms with E-state index < -0.39 is 0 Å². The minimum atomic E-state index is 0.575. The van der Waals surface area contributed by atoms with Gasteiger partial charge in [0.2, 0.25) is 0 Å². The van der Waals surface area contributed by atoms with Crippen LogP contribution in [0.1, 0.15) is 38.8 Å². The Morgan fingerprint density at radius 2 is 1.85 bits per heavy atom. The number of methoxy groups -OCH3 is 2. The van der Waals surface area contributed by atoms with Gasteiger partial charge < -0.3 is 14.8 Å². The lowest BCUT2D eigenvalue weighted by atomic mass is 9.80. The average molecular weight is 278 g/mol. The van der Waals surface area contributed by atoms with Crippen molar-refractivity contribution in [2.24, 2.45) is 11.8 Å². The smallest absolute Gasteiger partial charge is 0.183 e. The second-order valence-corrected chi connectivity index (χ2v) is 5.99. The van der Waals surface area contributed by atoms with Gasteiger partial charge in [-0.15, -0.1) is 0 Å². The third-order valence-electron chi connectivity index (χ3n) is 4.10. The fourth-order valence-corrected chi connectivity index (χ4v) is 3.33. The largest absolute Gasteiger partial charge is 0.493 e. The van der Waals surface area contributed by atoms with Gasteiger partial charge in [0.1, 0.15) is 0 Å². The number of pyridine rings is 1. The minimum absolute atomic E-state index is 0.575. The summed E-state index contributed by atoms with van der Waals surface area (Å²) >= 11 is 0. The Morgan fingerprint density at radius 1 is 1.15 bits per heavy atom. The Balaban J connectivity index is 2.00. The highest BCUT2D eigenvalue weighted by molar-refractivity contribution is 5.42. The summed E-state index contributed by atoms with van der Waals surface area (Å²) in [6.07, 6.45) is 5.61. The van der Waals surface area contributed by atoms with E-state index in [9.17, 15) is 0 Å². The highest BCUT2D eigenvalue weighted by Gasteiger charge is 2.24. The van der Waals surface area contributed by atoms with Gasteiger partial charge in [0.05, 0.1) is 19.9 Å². The maximum atomic E-state index is 5.42. The quantitative estimate of drug-likeness (QED) is 0.899. The van der Waals surface area contributed by atoms with Crippen LogP contribution in [-0.2, 0) is 6.54 Å². The van der Waals surface area contributed by atoms with E-state index in [0.29, 0.717) is 6.04 Å². The van der Waals surface area contributed by atoms with Gasteiger partial charge in [-0.3, -0.25) is 4.98 Å². The lowest BCUT2D eigenvalue weighted by Crippen LogP contribution is -2.36.